The van der Waals surface area contributed by atoms with Crippen LogP contribution in [0.5, 0.6) is 23.0 Å². The lowest BCUT2D eigenvalue weighted by Gasteiger charge is -2.42. The number of fused-ring (bicyclic) bond motifs is 1. The van der Waals surface area contributed by atoms with Gasteiger partial charge >= 0.3 is 0 Å². The Morgan fingerprint density at radius 2 is 1.19 bits per heavy atom. The van der Waals surface area contributed by atoms with E-state index in [1.165, 1.54) is 6.07 Å². The summed E-state index contributed by atoms with van der Waals surface area (Å²) in [7, 11) is 0. The zero-order valence-corrected chi connectivity index (χ0v) is 22.0. The Morgan fingerprint density at radius 3 is 1.70 bits per heavy atom. The van der Waals surface area contributed by atoms with Crippen LogP contribution in [0.25, 0.3) is 22.1 Å². The predicted molar refractivity (Wildman–Crippen MR) is 140 cm³/mol. The van der Waals surface area contributed by atoms with Gasteiger partial charge in [0.25, 0.3) is 0 Å². The molecule has 2 aliphatic rings. The molecule has 43 heavy (non-hydrogen) atoms. The van der Waals surface area contributed by atoms with Gasteiger partial charge in [0, 0.05) is 0 Å². The molecule has 16 heteroatoms. The molecular formula is C27H30O16. The van der Waals surface area contributed by atoms with Crippen LogP contribution in [0.4, 0.5) is 0 Å². The van der Waals surface area contributed by atoms with Crippen molar-refractivity contribution in [3.63, 3.8) is 0 Å². The average Bonchev–Trinajstić information content (AvgIpc) is 2.98. The van der Waals surface area contributed by atoms with Gasteiger partial charge in [-0.1, -0.05) is 6.07 Å². The molecule has 12 N–H and O–H groups in total. The number of ether oxygens (including phenoxy) is 2. The van der Waals surface area contributed by atoms with E-state index in [0.717, 1.165) is 18.4 Å². The average molecular weight is 611 g/mol. The molecule has 10 atom stereocenters. The van der Waals surface area contributed by atoms with Gasteiger partial charge in [-0.25, -0.2) is 0 Å². The number of aliphatic hydroxyl groups excluding tert-OH is 8. The van der Waals surface area contributed by atoms with E-state index < -0.39 is 125 Å². The maximum atomic E-state index is 13.9. The van der Waals surface area contributed by atoms with E-state index in [1.807, 2.05) is 0 Å². The van der Waals surface area contributed by atoms with Crippen LogP contribution in [-0.4, -0.2) is 123 Å². The molecule has 5 rings (SSSR count). The maximum absolute atomic E-state index is 13.9. The first-order valence-electron chi connectivity index (χ1n) is 13.0. The molecule has 0 spiro atoms. The minimum atomic E-state index is -2.07. The molecular weight excluding hydrogens is 580 g/mol. The second-order valence-electron chi connectivity index (χ2n) is 10.4. The Hall–Kier alpha value is -3.55. The molecule has 2 aromatic carbocycles. The highest BCUT2D eigenvalue weighted by molar-refractivity contribution is 5.93. The number of benzene rings is 2. The normalized spacial score (nSPS) is 33.1. The van der Waals surface area contributed by atoms with Crippen LogP contribution >= 0.6 is 0 Å². The van der Waals surface area contributed by atoms with E-state index in [0.29, 0.717) is 0 Å². The molecule has 234 valence electrons. The standard InChI is InChI=1S/C27H30O16/c28-4-11-17(33)21(37)23(39)26(42-11)14-19(35)13-16(32)8(7-1-2-9(30)10(31)3-7)6-41-25(13)15(20(14)36)27-24(40)22(38)18(34)12(5-29)43-27/h1-3,6,11-12,17-18,21-24,26-31,33-40H,4-5H2/t11-,12-,17-,18-,21+,22+,23-,24-,26+,27+/m1/s1. The van der Waals surface area contributed by atoms with Crippen molar-refractivity contribution in [2.45, 2.75) is 61.0 Å². The van der Waals surface area contributed by atoms with Crippen LogP contribution in [0.3, 0.4) is 0 Å². The topological polar surface area (TPSA) is 291 Å². The summed E-state index contributed by atoms with van der Waals surface area (Å²) in [4.78, 5) is 13.9. The van der Waals surface area contributed by atoms with Gasteiger partial charge in [0.05, 0.1) is 29.9 Å². The van der Waals surface area contributed by atoms with Gasteiger partial charge in [-0.3, -0.25) is 4.79 Å². The Labute approximate surface area is 240 Å². The fourth-order valence-electron chi connectivity index (χ4n) is 5.48. The number of aromatic hydroxyl groups is 4. The lowest BCUT2D eigenvalue weighted by atomic mass is 9.85. The summed E-state index contributed by atoms with van der Waals surface area (Å²) in [6.07, 6.45) is -17.6. The molecule has 0 aliphatic carbocycles. The number of aliphatic hydroxyl groups is 8. The number of rotatable bonds is 5. The minimum Gasteiger partial charge on any atom is -0.507 e. The van der Waals surface area contributed by atoms with E-state index >= 15 is 0 Å². The lowest BCUT2D eigenvalue weighted by molar-refractivity contribution is -0.234. The van der Waals surface area contributed by atoms with Crippen molar-refractivity contribution in [1.82, 2.24) is 0 Å². The zero-order valence-electron chi connectivity index (χ0n) is 22.0. The zero-order chi connectivity index (χ0) is 31.5. The van der Waals surface area contributed by atoms with Gasteiger partial charge < -0.3 is 75.2 Å². The summed E-state index contributed by atoms with van der Waals surface area (Å²) < 4.78 is 16.7. The largest absolute Gasteiger partial charge is 0.507 e. The number of phenols is 4. The predicted octanol–water partition coefficient (Wildman–Crippen LogP) is -2.69. The van der Waals surface area contributed by atoms with Gasteiger partial charge in [-0.2, -0.15) is 0 Å². The van der Waals surface area contributed by atoms with Crippen molar-refractivity contribution in [2.24, 2.45) is 0 Å². The molecule has 2 fully saturated rings. The third-order valence-electron chi connectivity index (χ3n) is 7.88. The van der Waals surface area contributed by atoms with Gasteiger partial charge in [-0.05, 0) is 17.7 Å². The number of hydrogen-bond acceptors (Lipinski definition) is 16. The van der Waals surface area contributed by atoms with Gasteiger partial charge in [0.15, 0.2) is 17.1 Å². The first-order valence-corrected chi connectivity index (χ1v) is 13.0. The van der Waals surface area contributed by atoms with Gasteiger partial charge in [-0.15, -0.1) is 0 Å². The third kappa shape index (κ3) is 4.87. The van der Waals surface area contributed by atoms with E-state index in [-0.39, 0.29) is 11.1 Å². The fourth-order valence-corrected chi connectivity index (χ4v) is 5.48. The second kappa shape index (κ2) is 11.5. The monoisotopic (exact) mass is 610 g/mol. The minimum absolute atomic E-state index is 0.00204. The van der Waals surface area contributed by atoms with E-state index in [4.69, 9.17) is 13.9 Å². The quantitative estimate of drug-likeness (QED) is 0.131. The third-order valence-corrected chi connectivity index (χ3v) is 7.88. The maximum Gasteiger partial charge on any atom is 0.204 e. The van der Waals surface area contributed by atoms with Crippen LogP contribution in [0.15, 0.2) is 33.7 Å². The molecule has 0 bridgehead atoms. The van der Waals surface area contributed by atoms with Crippen molar-refractivity contribution in [3.8, 4) is 34.1 Å². The summed E-state index contributed by atoms with van der Waals surface area (Å²) >= 11 is 0. The summed E-state index contributed by atoms with van der Waals surface area (Å²) in [6, 6.07) is 3.33. The van der Waals surface area contributed by atoms with Crippen LogP contribution in [-0.2, 0) is 9.47 Å². The number of phenolic OH excluding ortho intramolecular Hbond substituents is 4. The van der Waals surface area contributed by atoms with Crippen LogP contribution in [0.1, 0.15) is 23.3 Å². The van der Waals surface area contributed by atoms with E-state index in [1.54, 1.807) is 0 Å². The molecule has 3 heterocycles. The van der Waals surface area contributed by atoms with Crippen molar-refractivity contribution in [3.05, 3.63) is 45.8 Å². The fraction of sp³-hybridized carbons (Fsp3) is 0.444. The lowest BCUT2D eigenvalue weighted by Crippen LogP contribution is -2.55. The van der Waals surface area contributed by atoms with Crippen LogP contribution in [0, 0.1) is 0 Å². The highest BCUT2D eigenvalue weighted by atomic mass is 16.6. The molecule has 0 unspecified atom stereocenters. The van der Waals surface area contributed by atoms with E-state index in [2.05, 4.69) is 0 Å². The van der Waals surface area contributed by atoms with Gasteiger partial charge in [0.1, 0.15) is 84.2 Å². The summed E-state index contributed by atoms with van der Waals surface area (Å²) in [5.74, 6) is -3.19. The van der Waals surface area contributed by atoms with Crippen molar-refractivity contribution in [2.75, 3.05) is 13.2 Å². The Kier molecular flexibility index (Phi) is 8.27. The molecule has 3 aromatic rings. The Morgan fingerprint density at radius 1 is 0.651 bits per heavy atom. The van der Waals surface area contributed by atoms with Crippen molar-refractivity contribution in [1.29, 1.82) is 0 Å². The number of hydrogen-bond donors (Lipinski definition) is 12. The Bertz CT molecular complexity index is 1570. The Balaban J connectivity index is 1.83. The summed E-state index contributed by atoms with van der Waals surface area (Å²) in [6.45, 7) is -1.75. The van der Waals surface area contributed by atoms with Crippen LogP contribution < -0.4 is 5.43 Å². The van der Waals surface area contributed by atoms with Crippen LogP contribution in [0.2, 0.25) is 0 Å². The highest BCUT2D eigenvalue weighted by Crippen LogP contribution is 2.50. The first kappa shape index (κ1) is 30.9. The molecule has 16 nitrogen and oxygen atoms in total. The summed E-state index contributed by atoms with van der Waals surface area (Å²) in [5, 5.41) is 124. The molecule has 2 saturated heterocycles. The van der Waals surface area contributed by atoms with Crippen molar-refractivity contribution < 1.29 is 75.2 Å². The molecule has 1 aromatic heterocycles. The second-order valence-corrected chi connectivity index (χ2v) is 10.4. The van der Waals surface area contributed by atoms with Gasteiger partial charge in [0.2, 0.25) is 5.43 Å². The molecule has 2 aliphatic heterocycles. The smallest absolute Gasteiger partial charge is 0.204 e. The highest BCUT2D eigenvalue weighted by Gasteiger charge is 2.50. The van der Waals surface area contributed by atoms with Crippen molar-refractivity contribution >= 4 is 11.0 Å². The van der Waals surface area contributed by atoms with E-state index in [9.17, 15) is 66.1 Å². The first-order chi connectivity index (χ1) is 20.3. The SMILES string of the molecule is O=c1c(-c2ccc(O)c(O)c2)coc2c([C@@H]3O[C@H](CO)[C@@H](O)[C@H](O)[C@H]3O)c(O)c([C@@H]3O[C@H](CO)[C@@H](O)[C@H](O)[C@H]3O)c(O)c12. The molecule has 0 saturated carbocycles. The molecule has 0 amide bonds. The molecule has 0 radical (unpaired) electrons. The summed E-state index contributed by atoms with van der Waals surface area (Å²) in [5.41, 5.74) is -3.28.